The van der Waals surface area contributed by atoms with Crippen LogP contribution in [0.5, 0.6) is 0 Å². The monoisotopic (exact) mass is 258 g/mol. The molecule has 3 atom stereocenters. The fourth-order valence-electron chi connectivity index (χ4n) is 1.73. The fraction of sp³-hybridized carbons (Fsp3) is 0.909. The highest BCUT2D eigenvalue weighted by atomic mass is 16.5. The molecule has 0 bridgehead atoms. The van der Waals surface area contributed by atoms with Crippen LogP contribution in [0.15, 0.2) is 5.11 Å². The zero-order valence-electron chi connectivity index (χ0n) is 11.4. The number of carbonyl (C=O) groups excluding carboxylic acids is 1. The molecule has 0 fully saturated rings. The van der Waals surface area contributed by atoms with Gasteiger partial charge in [0, 0.05) is 17.9 Å². The first kappa shape index (κ1) is 16.5. The minimum atomic E-state index is -0.663. The molecule has 18 heavy (non-hydrogen) atoms. The predicted octanol–water partition coefficient (Wildman–Crippen LogP) is 2.82. The Morgan fingerprint density at radius 2 is 2.17 bits per heavy atom. The van der Waals surface area contributed by atoms with Crippen molar-refractivity contribution in [1.82, 2.24) is 5.32 Å². The molecule has 1 amide bonds. The Labute approximate surface area is 107 Å². The van der Waals surface area contributed by atoms with Crippen LogP contribution in [0.4, 0.5) is 4.79 Å². The van der Waals surface area contributed by atoms with Gasteiger partial charge >= 0.3 is 6.09 Å². The number of rotatable bonds is 8. The molecule has 0 saturated heterocycles. The minimum absolute atomic E-state index is 0.0830. The van der Waals surface area contributed by atoms with Crippen molar-refractivity contribution in [1.29, 1.82) is 0 Å². The Balaban J connectivity index is 4.79. The van der Waals surface area contributed by atoms with Gasteiger partial charge in [-0.25, -0.2) is 4.79 Å². The lowest BCUT2D eigenvalue weighted by molar-refractivity contribution is 0.0449. The number of nitrogens with zero attached hydrogens (tertiary/aromatic N) is 3. The zero-order valence-corrected chi connectivity index (χ0v) is 11.4. The molecule has 1 N–H and O–H groups in total. The normalized spacial score (nSPS) is 15.1. The van der Waals surface area contributed by atoms with Crippen molar-refractivity contribution in [3.05, 3.63) is 10.4 Å². The second-order valence-corrected chi connectivity index (χ2v) is 3.91. The molecule has 0 aromatic heterocycles. The highest BCUT2D eigenvalue weighted by Crippen LogP contribution is 2.19. The third-order valence-electron chi connectivity index (χ3n) is 2.72. The van der Waals surface area contributed by atoms with Crippen LogP contribution in [-0.2, 0) is 9.47 Å². The predicted molar refractivity (Wildman–Crippen MR) is 68.0 cm³/mol. The van der Waals surface area contributed by atoms with E-state index in [-0.39, 0.29) is 18.6 Å². The maximum atomic E-state index is 11.4. The van der Waals surface area contributed by atoms with Gasteiger partial charge in [0.15, 0.2) is 0 Å². The van der Waals surface area contributed by atoms with Crippen molar-refractivity contribution in [3.8, 4) is 0 Å². The number of nitrogens with one attached hydrogen (secondary N) is 1. The summed E-state index contributed by atoms with van der Waals surface area (Å²) in [7, 11) is 1.59. The van der Waals surface area contributed by atoms with Crippen molar-refractivity contribution in [2.45, 2.75) is 45.9 Å². The molecule has 0 aromatic carbocycles. The van der Waals surface area contributed by atoms with Crippen molar-refractivity contribution in [2.24, 2.45) is 11.0 Å². The lowest BCUT2D eigenvalue weighted by atomic mass is 9.95. The van der Waals surface area contributed by atoms with Crippen LogP contribution in [0.3, 0.4) is 0 Å². The number of alkyl carbamates (subject to hydrolysis) is 1. The zero-order chi connectivity index (χ0) is 14.0. The lowest BCUT2D eigenvalue weighted by Gasteiger charge is -2.28. The summed E-state index contributed by atoms with van der Waals surface area (Å²) in [6.45, 7) is 5.89. The summed E-state index contributed by atoms with van der Waals surface area (Å²) < 4.78 is 10.0. The van der Waals surface area contributed by atoms with E-state index in [0.29, 0.717) is 0 Å². The van der Waals surface area contributed by atoms with E-state index in [4.69, 9.17) is 15.0 Å². The summed E-state index contributed by atoms with van der Waals surface area (Å²) >= 11 is 0. The van der Waals surface area contributed by atoms with Gasteiger partial charge in [0.05, 0.1) is 12.7 Å². The highest BCUT2D eigenvalue weighted by molar-refractivity contribution is 5.67. The number of methoxy groups -OCH3 is 1. The molecule has 0 aromatic rings. The van der Waals surface area contributed by atoms with Gasteiger partial charge in [-0.1, -0.05) is 18.5 Å². The quantitative estimate of drug-likeness (QED) is 0.412. The Morgan fingerprint density at radius 3 is 2.61 bits per heavy atom. The van der Waals surface area contributed by atoms with Gasteiger partial charge in [-0.15, -0.1) is 0 Å². The molecule has 104 valence electrons. The third-order valence-corrected chi connectivity index (χ3v) is 2.72. The maximum absolute atomic E-state index is 11.4. The summed E-state index contributed by atoms with van der Waals surface area (Å²) in [4.78, 5) is 14.2. The molecular weight excluding hydrogens is 236 g/mol. The van der Waals surface area contributed by atoms with Gasteiger partial charge < -0.3 is 14.8 Å². The van der Waals surface area contributed by atoms with Crippen LogP contribution in [0, 0.1) is 5.92 Å². The summed E-state index contributed by atoms with van der Waals surface area (Å²) in [6.07, 6.45) is 0.316. The van der Waals surface area contributed by atoms with E-state index < -0.39 is 12.3 Å². The number of hydrogen-bond acceptors (Lipinski definition) is 4. The van der Waals surface area contributed by atoms with Gasteiger partial charge in [-0.3, -0.25) is 0 Å². The van der Waals surface area contributed by atoms with Gasteiger partial charge in [0.1, 0.15) is 6.17 Å². The van der Waals surface area contributed by atoms with E-state index >= 15 is 0 Å². The molecule has 0 radical (unpaired) electrons. The lowest BCUT2D eigenvalue weighted by Crippen LogP contribution is -2.43. The van der Waals surface area contributed by atoms with Gasteiger partial charge in [0.25, 0.3) is 0 Å². The van der Waals surface area contributed by atoms with E-state index in [1.54, 1.807) is 14.0 Å². The summed E-state index contributed by atoms with van der Waals surface area (Å²) in [6, 6.07) is 0. The first-order valence-electron chi connectivity index (χ1n) is 6.10. The number of ether oxygens (including phenoxy) is 2. The topological polar surface area (TPSA) is 96.3 Å². The molecule has 0 saturated carbocycles. The molecule has 0 rings (SSSR count). The number of azide groups is 1. The highest BCUT2D eigenvalue weighted by Gasteiger charge is 2.27. The van der Waals surface area contributed by atoms with Crippen molar-refractivity contribution >= 4 is 6.09 Å². The average molecular weight is 258 g/mol. The summed E-state index contributed by atoms with van der Waals surface area (Å²) in [5, 5.41) is 6.18. The Bertz CT molecular complexity index is 292. The largest absolute Gasteiger partial charge is 0.450 e. The van der Waals surface area contributed by atoms with Crippen molar-refractivity contribution in [3.63, 3.8) is 0 Å². The van der Waals surface area contributed by atoms with Gasteiger partial charge in [-0.05, 0) is 25.8 Å². The molecule has 0 aliphatic rings. The number of carbonyl (C=O) groups is 1. The fourth-order valence-corrected chi connectivity index (χ4v) is 1.73. The molecule has 7 nitrogen and oxygen atoms in total. The molecular formula is C11H22N4O3. The second kappa shape index (κ2) is 9.56. The molecule has 0 aliphatic heterocycles. The van der Waals surface area contributed by atoms with E-state index in [2.05, 4.69) is 15.3 Å². The SMILES string of the molecule is CCCC(C(N=[N+]=[N-])NC(=O)OCC)C(C)OC. The molecule has 0 spiro atoms. The van der Waals surface area contributed by atoms with Crippen molar-refractivity contribution < 1.29 is 14.3 Å². The third kappa shape index (κ3) is 5.75. The average Bonchev–Trinajstić information content (AvgIpc) is 2.35. The van der Waals surface area contributed by atoms with Gasteiger partial charge in [-0.2, -0.15) is 0 Å². The first-order chi connectivity index (χ1) is 8.60. The Morgan fingerprint density at radius 1 is 1.50 bits per heavy atom. The summed E-state index contributed by atoms with van der Waals surface area (Å²) in [5.41, 5.74) is 8.58. The van der Waals surface area contributed by atoms with E-state index in [0.717, 1.165) is 12.8 Å². The first-order valence-corrected chi connectivity index (χ1v) is 6.10. The molecule has 0 aliphatic carbocycles. The van der Waals surface area contributed by atoms with Crippen LogP contribution in [0.25, 0.3) is 10.4 Å². The molecule has 7 heteroatoms. The van der Waals surface area contributed by atoms with Crippen molar-refractivity contribution in [2.75, 3.05) is 13.7 Å². The number of hydrogen-bond donors (Lipinski definition) is 1. The van der Waals surface area contributed by atoms with E-state index in [9.17, 15) is 4.79 Å². The van der Waals surface area contributed by atoms with Gasteiger partial charge in [0.2, 0.25) is 0 Å². The van der Waals surface area contributed by atoms with E-state index in [1.165, 1.54) is 0 Å². The van der Waals surface area contributed by atoms with E-state index in [1.807, 2.05) is 13.8 Å². The second-order valence-electron chi connectivity index (χ2n) is 3.91. The minimum Gasteiger partial charge on any atom is -0.450 e. The van der Waals surface area contributed by atoms with Crippen LogP contribution >= 0.6 is 0 Å². The Kier molecular flexibility index (Phi) is 8.78. The molecule has 0 heterocycles. The summed E-state index contributed by atoms with van der Waals surface area (Å²) in [5.74, 6) is -0.0830. The van der Waals surface area contributed by atoms with Crippen LogP contribution in [0.2, 0.25) is 0 Å². The molecule has 3 unspecified atom stereocenters. The smallest absolute Gasteiger partial charge is 0.407 e. The maximum Gasteiger partial charge on any atom is 0.407 e. The van der Waals surface area contributed by atoms with Crippen LogP contribution in [-0.4, -0.2) is 32.1 Å². The van der Waals surface area contributed by atoms with Crippen LogP contribution < -0.4 is 5.32 Å². The number of amides is 1. The van der Waals surface area contributed by atoms with Crippen LogP contribution in [0.1, 0.15) is 33.6 Å². The standard InChI is InChI=1S/C11H22N4O3/c1-5-7-9(8(3)17-4)10(14-15-12)13-11(16)18-6-2/h8-10H,5-7H2,1-4H3,(H,13,16). The Hall–Kier alpha value is -1.46.